The number of β-amino-alcohol motifs (C(OH)–C–C–N with tert-alkyl or cyclic N) is 1. The number of hydrogen-bond donors (Lipinski definition) is 2. The van der Waals surface area contributed by atoms with Gasteiger partial charge in [0, 0.05) is 19.5 Å². The molecule has 4 nitrogen and oxygen atoms in total. The summed E-state index contributed by atoms with van der Waals surface area (Å²) in [7, 11) is 0. The van der Waals surface area contributed by atoms with Crippen molar-refractivity contribution in [2.45, 2.75) is 45.6 Å². The molecule has 1 heterocycles. The average Bonchev–Trinajstić information content (AvgIpc) is 2.70. The molecule has 1 aliphatic heterocycles. The van der Waals surface area contributed by atoms with Gasteiger partial charge in [0.2, 0.25) is 5.91 Å². The van der Waals surface area contributed by atoms with Crippen LogP contribution in [0.3, 0.4) is 0 Å². The number of nitrogens with zero attached hydrogens (tertiary/aromatic N) is 1. The molecule has 17 heavy (non-hydrogen) atoms. The van der Waals surface area contributed by atoms with Gasteiger partial charge in [-0.3, -0.25) is 4.79 Å². The number of aliphatic hydroxyl groups is 1. The lowest BCUT2D eigenvalue weighted by Crippen LogP contribution is -2.30. The quantitative estimate of drug-likeness (QED) is 0.729. The summed E-state index contributed by atoms with van der Waals surface area (Å²) in [4.78, 5) is 13.7. The van der Waals surface area contributed by atoms with Gasteiger partial charge in [-0.05, 0) is 37.6 Å². The molecule has 0 aromatic heterocycles. The summed E-state index contributed by atoms with van der Waals surface area (Å²) in [5, 5.41) is 9.39. The number of carbonyl (C=O) groups excluding carboxylic acids is 1. The molecule has 1 saturated heterocycles. The van der Waals surface area contributed by atoms with Crippen molar-refractivity contribution in [1.82, 2.24) is 4.90 Å². The van der Waals surface area contributed by atoms with E-state index in [0.717, 1.165) is 19.3 Å². The van der Waals surface area contributed by atoms with Crippen LogP contribution in [0.15, 0.2) is 0 Å². The van der Waals surface area contributed by atoms with E-state index < -0.39 is 0 Å². The fourth-order valence-electron chi connectivity index (χ4n) is 2.46. The summed E-state index contributed by atoms with van der Waals surface area (Å²) >= 11 is 0. The Kier molecular flexibility index (Phi) is 5.92. The van der Waals surface area contributed by atoms with Crippen LogP contribution in [0.25, 0.3) is 0 Å². The van der Waals surface area contributed by atoms with E-state index in [1.807, 2.05) is 0 Å². The summed E-state index contributed by atoms with van der Waals surface area (Å²) in [5.74, 6) is 1.30. The maximum atomic E-state index is 11.9. The minimum absolute atomic E-state index is 0.184. The molecule has 100 valence electrons. The van der Waals surface area contributed by atoms with Gasteiger partial charge in [-0.1, -0.05) is 13.8 Å². The second-order valence-electron chi connectivity index (χ2n) is 5.40. The number of aliphatic hydroxyl groups excluding tert-OH is 1. The van der Waals surface area contributed by atoms with Gasteiger partial charge in [0.1, 0.15) is 0 Å². The number of rotatable bonds is 6. The smallest absolute Gasteiger partial charge is 0.222 e. The highest BCUT2D eigenvalue weighted by Gasteiger charge is 2.25. The van der Waals surface area contributed by atoms with Gasteiger partial charge >= 0.3 is 0 Å². The molecule has 1 aliphatic rings. The van der Waals surface area contributed by atoms with E-state index in [0.29, 0.717) is 37.9 Å². The Morgan fingerprint density at radius 1 is 1.47 bits per heavy atom. The molecule has 2 unspecified atom stereocenters. The molecule has 0 aromatic rings. The highest BCUT2D eigenvalue weighted by molar-refractivity contribution is 5.76. The third kappa shape index (κ3) is 4.64. The summed E-state index contributed by atoms with van der Waals surface area (Å²) in [6.45, 7) is 6.29. The van der Waals surface area contributed by atoms with Crippen molar-refractivity contribution in [1.29, 1.82) is 0 Å². The first-order valence-corrected chi connectivity index (χ1v) is 6.70. The van der Waals surface area contributed by atoms with Crippen molar-refractivity contribution in [3.63, 3.8) is 0 Å². The molecule has 0 aliphatic carbocycles. The predicted molar refractivity (Wildman–Crippen MR) is 68.4 cm³/mol. The average molecular weight is 242 g/mol. The lowest BCUT2D eigenvalue weighted by atomic mass is 9.88. The van der Waals surface area contributed by atoms with Crippen molar-refractivity contribution < 1.29 is 9.90 Å². The fraction of sp³-hybridized carbons (Fsp3) is 0.923. The van der Waals surface area contributed by atoms with E-state index in [9.17, 15) is 9.90 Å². The van der Waals surface area contributed by atoms with E-state index in [1.165, 1.54) is 0 Å². The van der Waals surface area contributed by atoms with Gasteiger partial charge < -0.3 is 15.7 Å². The van der Waals surface area contributed by atoms with E-state index in [2.05, 4.69) is 13.8 Å². The van der Waals surface area contributed by atoms with Crippen molar-refractivity contribution in [2.24, 2.45) is 17.6 Å². The molecule has 0 aromatic carbocycles. The number of hydrogen-bond acceptors (Lipinski definition) is 3. The minimum atomic E-state index is -0.316. The van der Waals surface area contributed by atoms with Gasteiger partial charge in [0.25, 0.3) is 0 Å². The lowest BCUT2D eigenvalue weighted by Gasteiger charge is -2.21. The fourth-order valence-corrected chi connectivity index (χ4v) is 2.46. The van der Waals surface area contributed by atoms with Crippen molar-refractivity contribution in [2.75, 3.05) is 19.6 Å². The molecule has 1 rings (SSSR count). The third-order valence-electron chi connectivity index (χ3n) is 3.73. The zero-order chi connectivity index (χ0) is 12.8. The van der Waals surface area contributed by atoms with Crippen LogP contribution < -0.4 is 5.73 Å². The molecular formula is C13H26N2O2. The molecular weight excluding hydrogens is 216 g/mol. The largest absolute Gasteiger partial charge is 0.391 e. The number of nitrogens with two attached hydrogens (primary N) is 1. The van der Waals surface area contributed by atoms with Crippen LogP contribution in [0.1, 0.15) is 39.5 Å². The highest BCUT2D eigenvalue weighted by Crippen LogP contribution is 2.21. The normalized spacial score (nSPS) is 22.2. The van der Waals surface area contributed by atoms with Crippen LogP contribution in [0.5, 0.6) is 0 Å². The summed E-state index contributed by atoms with van der Waals surface area (Å²) < 4.78 is 0. The summed E-state index contributed by atoms with van der Waals surface area (Å²) in [6, 6.07) is 0. The molecule has 0 bridgehead atoms. The Morgan fingerprint density at radius 3 is 2.65 bits per heavy atom. The maximum absolute atomic E-state index is 11.9. The van der Waals surface area contributed by atoms with E-state index in [-0.39, 0.29) is 12.0 Å². The van der Waals surface area contributed by atoms with Crippen LogP contribution in [0.2, 0.25) is 0 Å². The summed E-state index contributed by atoms with van der Waals surface area (Å²) in [6.07, 6.45) is 2.91. The Balaban J connectivity index is 2.30. The molecule has 3 N–H and O–H groups in total. The Bertz CT molecular complexity index is 244. The van der Waals surface area contributed by atoms with Crippen LogP contribution in [-0.2, 0) is 4.79 Å². The standard InChI is InChI=1S/C13H26N2O2/c1-10(2)11(5-7-14)3-4-13(17)15-8-6-12(16)9-15/h10-12,16H,3-9,14H2,1-2H3. The van der Waals surface area contributed by atoms with Crippen molar-refractivity contribution in [3.05, 3.63) is 0 Å². The third-order valence-corrected chi connectivity index (χ3v) is 3.73. The maximum Gasteiger partial charge on any atom is 0.222 e. The van der Waals surface area contributed by atoms with Crippen molar-refractivity contribution in [3.8, 4) is 0 Å². The summed E-state index contributed by atoms with van der Waals surface area (Å²) in [5.41, 5.74) is 5.59. The zero-order valence-electron chi connectivity index (χ0n) is 11.1. The highest BCUT2D eigenvalue weighted by atomic mass is 16.3. The Morgan fingerprint density at radius 2 is 2.18 bits per heavy atom. The second kappa shape index (κ2) is 6.97. The SMILES string of the molecule is CC(C)C(CCN)CCC(=O)N1CCC(O)C1. The topological polar surface area (TPSA) is 66.6 Å². The number of carbonyl (C=O) groups is 1. The minimum Gasteiger partial charge on any atom is -0.391 e. The Hall–Kier alpha value is -0.610. The van der Waals surface area contributed by atoms with Crippen LogP contribution >= 0.6 is 0 Å². The predicted octanol–water partition coefficient (Wildman–Crippen LogP) is 0.981. The Labute approximate surface area is 104 Å². The molecule has 1 amide bonds. The zero-order valence-corrected chi connectivity index (χ0v) is 11.1. The van der Waals surface area contributed by atoms with Gasteiger partial charge in [-0.15, -0.1) is 0 Å². The van der Waals surface area contributed by atoms with Crippen LogP contribution in [0.4, 0.5) is 0 Å². The number of amides is 1. The van der Waals surface area contributed by atoms with E-state index in [4.69, 9.17) is 5.73 Å². The van der Waals surface area contributed by atoms with Gasteiger partial charge in [0.05, 0.1) is 6.10 Å². The lowest BCUT2D eigenvalue weighted by molar-refractivity contribution is -0.130. The van der Waals surface area contributed by atoms with Gasteiger partial charge in [-0.2, -0.15) is 0 Å². The second-order valence-corrected chi connectivity index (χ2v) is 5.40. The van der Waals surface area contributed by atoms with Crippen molar-refractivity contribution >= 4 is 5.91 Å². The molecule has 1 fully saturated rings. The molecule has 0 saturated carbocycles. The van der Waals surface area contributed by atoms with Gasteiger partial charge in [-0.25, -0.2) is 0 Å². The number of likely N-dealkylation sites (tertiary alicyclic amines) is 1. The van der Waals surface area contributed by atoms with Crippen LogP contribution in [-0.4, -0.2) is 41.7 Å². The van der Waals surface area contributed by atoms with E-state index in [1.54, 1.807) is 4.90 Å². The molecule has 0 spiro atoms. The van der Waals surface area contributed by atoms with E-state index >= 15 is 0 Å². The molecule has 0 radical (unpaired) electrons. The first-order chi connectivity index (χ1) is 8.04. The first kappa shape index (κ1) is 14.5. The first-order valence-electron chi connectivity index (χ1n) is 6.70. The van der Waals surface area contributed by atoms with Gasteiger partial charge in [0.15, 0.2) is 0 Å². The molecule has 4 heteroatoms. The monoisotopic (exact) mass is 242 g/mol. The molecule has 2 atom stereocenters. The van der Waals surface area contributed by atoms with Crippen LogP contribution in [0, 0.1) is 11.8 Å².